The maximum Gasteiger partial charge on any atom is 0.417 e. The number of carbonyl (C=O) groups is 1. The average Bonchev–Trinajstić information content (AvgIpc) is 2.30. The molecule has 1 aromatic rings. The fourth-order valence-electron chi connectivity index (χ4n) is 1.45. The van der Waals surface area contributed by atoms with Crippen molar-refractivity contribution in [2.75, 3.05) is 6.61 Å². The molecule has 0 bridgehead atoms. The molecule has 19 heavy (non-hydrogen) atoms. The maximum absolute atomic E-state index is 12.8. The lowest BCUT2D eigenvalue weighted by Crippen LogP contribution is -2.12. The van der Waals surface area contributed by atoms with Crippen molar-refractivity contribution in [2.24, 2.45) is 0 Å². The van der Waals surface area contributed by atoms with E-state index in [1.807, 2.05) is 0 Å². The number of esters is 1. The van der Waals surface area contributed by atoms with Gasteiger partial charge in [-0.05, 0) is 47.2 Å². The summed E-state index contributed by atoms with van der Waals surface area (Å²) in [6.07, 6.45) is -4.85. The first-order valence-electron chi connectivity index (χ1n) is 5.25. The predicted octanol–water partition coefficient (Wildman–Crippen LogP) is 3.29. The summed E-state index contributed by atoms with van der Waals surface area (Å²) in [7, 11) is 0. The van der Waals surface area contributed by atoms with Crippen LogP contribution in [0.25, 0.3) is 0 Å². The smallest absolute Gasteiger partial charge is 0.417 e. The van der Waals surface area contributed by atoms with Crippen LogP contribution in [0.2, 0.25) is 0 Å². The highest BCUT2D eigenvalue weighted by Crippen LogP contribution is 2.35. The van der Waals surface area contributed by atoms with E-state index < -0.39 is 17.7 Å². The summed E-state index contributed by atoms with van der Waals surface area (Å²) in [6.45, 7) is 1.76. The first-order valence-corrected chi connectivity index (χ1v) is 6.32. The summed E-state index contributed by atoms with van der Waals surface area (Å²) in [4.78, 5) is 11.3. The molecule has 0 fully saturated rings. The quantitative estimate of drug-likeness (QED) is 0.595. The van der Waals surface area contributed by atoms with Gasteiger partial charge in [0.25, 0.3) is 0 Å². The Morgan fingerprint density at radius 3 is 2.58 bits per heavy atom. The molecule has 1 rings (SSSR count). The van der Waals surface area contributed by atoms with Crippen molar-refractivity contribution in [1.29, 1.82) is 5.26 Å². The summed E-state index contributed by atoms with van der Waals surface area (Å²) in [5.74, 6) is -0.624. The molecule has 3 nitrogen and oxygen atoms in total. The highest BCUT2D eigenvalue weighted by Gasteiger charge is 2.34. The van der Waals surface area contributed by atoms with E-state index in [0.29, 0.717) is 0 Å². The number of nitriles is 1. The second-order valence-corrected chi connectivity index (χ2v) is 4.68. The third-order valence-corrected chi connectivity index (χ3v) is 3.37. The van der Waals surface area contributed by atoms with Crippen molar-refractivity contribution in [2.45, 2.75) is 19.5 Å². The normalized spacial score (nSPS) is 10.9. The Bertz CT molecular complexity index is 535. The van der Waals surface area contributed by atoms with E-state index in [9.17, 15) is 18.0 Å². The molecular formula is C12H9F3INO2. The summed E-state index contributed by atoms with van der Waals surface area (Å²) >= 11 is 1.47. The summed E-state index contributed by atoms with van der Waals surface area (Å²) in [5.41, 5.74) is -0.899. The average molecular weight is 383 g/mol. The minimum atomic E-state index is -4.56. The largest absolute Gasteiger partial charge is 0.466 e. The zero-order chi connectivity index (χ0) is 14.6. The zero-order valence-electron chi connectivity index (χ0n) is 9.84. The second kappa shape index (κ2) is 6.23. The molecule has 0 saturated heterocycles. The molecule has 0 unspecified atom stereocenters. The van der Waals surface area contributed by atoms with Gasteiger partial charge in [-0.3, -0.25) is 4.79 Å². The van der Waals surface area contributed by atoms with Gasteiger partial charge in [-0.2, -0.15) is 18.4 Å². The summed E-state index contributed by atoms with van der Waals surface area (Å²) in [5, 5.41) is 8.83. The van der Waals surface area contributed by atoms with Crippen molar-refractivity contribution < 1.29 is 22.7 Å². The number of hydrogen-bond acceptors (Lipinski definition) is 3. The molecule has 0 aliphatic heterocycles. The number of rotatable bonds is 3. The molecular weight excluding hydrogens is 374 g/mol. The number of halogens is 4. The first-order chi connectivity index (χ1) is 8.79. The second-order valence-electron chi connectivity index (χ2n) is 3.60. The van der Waals surface area contributed by atoms with Crippen molar-refractivity contribution >= 4 is 28.6 Å². The number of carbonyl (C=O) groups excluding carboxylic acids is 1. The highest BCUT2D eigenvalue weighted by molar-refractivity contribution is 14.1. The maximum atomic E-state index is 12.8. The van der Waals surface area contributed by atoms with Crippen molar-refractivity contribution in [3.8, 4) is 6.07 Å². The van der Waals surface area contributed by atoms with Gasteiger partial charge in [0, 0.05) is 3.57 Å². The molecule has 0 saturated carbocycles. The predicted molar refractivity (Wildman–Crippen MR) is 69.2 cm³/mol. The van der Waals surface area contributed by atoms with Crippen LogP contribution in [-0.4, -0.2) is 12.6 Å². The van der Waals surface area contributed by atoms with Crippen molar-refractivity contribution in [3.63, 3.8) is 0 Å². The Balaban J connectivity index is 3.22. The van der Waals surface area contributed by atoms with E-state index in [2.05, 4.69) is 4.74 Å². The van der Waals surface area contributed by atoms with Crippen LogP contribution in [0.1, 0.15) is 23.6 Å². The Labute approximate surface area is 121 Å². The fraction of sp³-hybridized carbons (Fsp3) is 0.333. The van der Waals surface area contributed by atoms with Gasteiger partial charge in [0.2, 0.25) is 0 Å². The van der Waals surface area contributed by atoms with Crippen molar-refractivity contribution in [3.05, 3.63) is 32.4 Å². The molecule has 1 aromatic carbocycles. The lowest BCUT2D eigenvalue weighted by molar-refractivity contribution is -0.142. The molecule has 0 radical (unpaired) electrons. The number of hydrogen-bond donors (Lipinski definition) is 0. The van der Waals surface area contributed by atoms with E-state index in [-0.39, 0.29) is 27.7 Å². The Morgan fingerprint density at radius 1 is 1.47 bits per heavy atom. The zero-order valence-corrected chi connectivity index (χ0v) is 12.0. The highest BCUT2D eigenvalue weighted by atomic mass is 127. The van der Waals surface area contributed by atoms with Gasteiger partial charge < -0.3 is 4.74 Å². The lowest BCUT2D eigenvalue weighted by Gasteiger charge is -2.12. The molecule has 0 N–H and O–H groups in total. The van der Waals surface area contributed by atoms with Gasteiger partial charge in [0.15, 0.2) is 0 Å². The number of ether oxygens (including phenoxy) is 1. The fourth-order valence-corrected chi connectivity index (χ4v) is 2.19. The van der Waals surface area contributed by atoms with E-state index in [1.54, 1.807) is 13.0 Å². The minimum absolute atomic E-state index is 0.102. The molecule has 0 aliphatic rings. The molecule has 0 aliphatic carbocycles. The Kier molecular flexibility index (Phi) is 5.17. The standard InChI is InChI=1S/C12H9F3INO2/c1-2-19-10(18)5-7-3-8(6-17)11(16)9(4-7)12(13,14)15/h3-4H,2,5H2,1H3. The number of alkyl halides is 3. The third kappa shape index (κ3) is 4.09. The molecule has 0 heterocycles. The molecule has 0 amide bonds. The van der Waals surface area contributed by atoms with Gasteiger partial charge >= 0.3 is 12.1 Å². The van der Waals surface area contributed by atoms with Crippen LogP contribution < -0.4 is 0 Å². The Hall–Kier alpha value is -1.30. The van der Waals surface area contributed by atoms with Crippen LogP contribution in [0, 0.1) is 14.9 Å². The molecule has 102 valence electrons. The first kappa shape index (κ1) is 15.8. The van der Waals surface area contributed by atoms with Crippen LogP contribution in [-0.2, 0) is 22.1 Å². The van der Waals surface area contributed by atoms with Gasteiger partial charge in [-0.1, -0.05) is 0 Å². The van der Waals surface area contributed by atoms with Crippen molar-refractivity contribution in [1.82, 2.24) is 0 Å². The van der Waals surface area contributed by atoms with Gasteiger partial charge in [0.1, 0.15) is 6.07 Å². The number of benzene rings is 1. The molecule has 0 atom stereocenters. The molecule has 0 spiro atoms. The summed E-state index contributed by atoms with van der Waals surface area (Å²) < 4.78 is 42.9. The van der Waals surface area contributed by atoms with E-state index in [1.165, 1.54) is 28.7 Å². The number of nitrogens with zero attached hydrogens (tertiary/aromatic N) is 1. The van der Waals surface area contributed by atoms with E-state index >= 15 is 0 Å². The SMILES string of the molecule is CCOC(=O)Cc1cc(C#N)c(I)c(C(F)(F)F)c1. The van der Waals surface area contributed by atoms with Crippen LogP contribution in [0.5, 0.6) is 0 Å². The topological polar surface area (TPSA) is 50.1 Å². The molecule has 7 heteroatoms. The third-order valence-electron chi connectivity index (χ3n) is 2.21. The van der Waals surface area contributed by atoms with Gasteiger partial charge in [0.05, 0.1) is 24.2 Å². The van der Waals surface area contributed by atoms with E-state index in [4.69, 9.17) is 5.26 Å². The van der Waals surface area contributed by atoms with Crippen LogP contribution in [0.3, 0.4) is 0 Å². The molecule has 0 aromatic heterocycles. The lowest BCUT2D eigenvalue weighted by atomic mass is 10.0. The minimum Gasteiger partial charge on any atom is -0.466 e. The van der Waals surface area contributed by atoms with Crippen LogP contribution in [0.4, 0.5) is 13.2 Å². The monoisotopic (exact) mass is 383 g/mol. The van der Waals surface area contributed by atoms with Gasteiger partial charge in [-0.15, -0.1) is 0 Å². The van der Waals surface area contributed by atoms with Crippen LogP contribution in [0.15, 0.2) is 12.1 Å². The van der Waals surface area contributed by atoms with Crippen LogP contribution >= 0.6 is 22.6 Å². The summed E-state index contributed by atoms with van der Waals surface area (Å²) in [6, 6.07) is 3.84. The Morgan fingerprint density at radius 2 is 2.11 bits per heavy atom. The van der Waals surface area contributed by atoms with E-state index in [0.717, 1.165) is 6.07 Å². The van der Waals surface area contributed by atoms with Gasteiger partial charge in [-0.25, -0.2) is 0 Å².